The Kier molecular flexibility index (Phi) is 26.5. The van der Waals surface area contributed by atoms with Crippen LogP contribution < -0.4 is 94.6 Å². The average Bonchev–Trinajstić information content (AvgIpc) is 1.90. The van der Waals surface area contributed by atoms with Gasteiger partial charge in [0.1, 0.15) is 42.3 Å². The van der Waals surface area contributed by atoms with Gasteiger partial charge in [-0.2, -0.15) is 0 Å². The molecular weight excluding hydrogens is 1180 g/mol. The molecule has 6 aromatic rings. The molecule has 494 valence electrons. The number of para-hydroxylation sites is 3. The molecule has 0 bridgehead atoms. The van der Waals surface area contributed by atoms with Crippen LogP contribution in [0.3, 0.4) is 0 Å². The number of fused-ring (bicyclic) bond motifs is 3. The number of nitrogens with zero attached hydrogens (tertiary/aromatic N) is 4. The summed E-state index contributed by atoms with van der Waals surface area (Å²) in [7, 11) is 0. The monoisotopic (exact) mass is 1270 g/mol. The van der Waals surface area contributed by atoms with Crippen LogP contribution in [-0.4, -0.2) is 161 Å². The molecule has 92 heavy (non-hydrogen) atoms. The number of aromatic nitrogens is 3. The van der Waals surface area contributed by atoms with Crippen LogP contribution in [0.4, 0.5) is 0 Å². The topological polar surface area (TPSA) is 578 Å². The lowest BCUT2D eigenvalue weighted by Crippen LogP contribution is -2.60. The normalized spacial score (nSPS) is 13.7. The molecular formula is C60H86N24O8. The molecule has 3 aromatic heterocycles. The second-order valence-corrected chi connectivity index (χ2v) is 22.1. The smallest absolute Gasteiger partial charge is 0.243 e. The van der Waals surface area contributed by atoms with Crippen molar-refractivity contribution in [3.05, 3.63) is 108 Å². The number of H-pyrrole nitrogens is 3. The Morgan fingerprint density at radius 3 is 1.00 bits per heavy atom. The highest BCUT2D eigenvalue weighted by Crippen LogP contribution is 2.22. The third kappa shape index (κ3) is 21.7. The molecule has 0 saturated carbocycles. The van der Waals surface area contributed by atoms with Gasteiger partial charge in [0.25, 0.3) is 0 Å². The van der Waals surface area contributed by atoms with Gasteiger partial charge in [-0.1, -0.05) is 54.6 Å². The van der Waals surface area contributed by atoms with Gasteiger partial charge in [0, 0.05) is 90.3 Å². The molecule has 0 spiro atoms. The van der Waals surface area contributed by atoms with Crippen LogP contribution in [0.2, 0.25) is 0 Å². The van der Waals surface area contributed by atoms with E-state index >= 15 is 0 Å². The minimum absolute atomic E-state index is 0.00191. The highest BCUT2D eigenvalue weighted by Gasteiger charge is 2.34. The SMILES string of the molecule is C[C@H](NC(=O)[C@H](Cc1c[nH]c2ccccc12)NC(=O)[C@H](CCCN=C(N)N)NC(=O)[C@H](CCCN=C(N)N)NC(=O)[C@@H](N)Cc1c[nH]c2ccccc12)C(=O)N[C@@H](CCCN=C(N)N)C(=O)N[C@@H](CCCN=C(N)N)C(=O)N[C@@H](Cc1c[nH]c2ccccc12)C(N)=O. The summed E-state index contributed by atoms with van der Waals surface area (Å²) >= 11 is 0. The van der Waals surface area contributed by atoms with Crippen molar-refractivity contribution in [3.8, 4) is 0 Å². The molecule has 3 heterocycles. The number of hydrogen-bond acceptors (Lipinski definition) is 13. The summed E-state index contributed by atoms with van der Waals surface area (Å²) in [6, 6.07) is 11.5. The third-order valence-electron chi connectivity index (χ3n) is 15.0. The number of nitrogens with one attached hydrogen (secondary N) is 10. The van der Waals surface area contributed by atoms with Crippen molar-refractivity contribution < 1.29 is 38.4 Å². The van der Waals surface area contributed by atoms with E-state index in [0.29, 0.717) is 16.5 Å². The van der Waals surface area contributed by atoms with E-state index in [9.17, 15) is 38.4 Å². The van der Waals surface area contributed by atoms with Gasteiger partial charge >= 0.3 is 0 Å². The van der Waals surface area contributed by atoms with Crippen molar-refractivity contribution in [2.75, 3.05) is 26.2 Å². The quantitative estimate of drug-likeness (QED) is 0.0103. The molecule has 0 aliphatic rings. The van der Waals surface area contributed by atoms with Gasteiger partial charge in [0.05, 0.1) is 6.04 Å². The number of aliphatic imine (C=N–C) groups is 4. The molecule has 32 heteroatoms. The maximum Gasteiger partial charge on any atom is 0.243 e. The van der Waals surface area contributed by atoms with Gasteiger partial charge in [-0.25, -0.2) is 0 Å². The summed E-state index contributed by atoms with van der Waals surface area (Å²) in [6.07, 6.45) is 5.56. The number of aromatic amines is 3. The van der Waals surface area contributed by atoms with Crippen LogP contribution in [0.5, 0.6) is 0 Å². The van der Waals surface area contributed by atoms with Gasteiger partial charge in [0.15, 0.2) is 23.8 Å². The fourth-order valence-electron chi connectivity index (χ4n) is 10.2. The number of guanidine groups is 4. The highest BCUT2D eigenvalue weighted by molar-refractivity contribution is 5.99. The molecule has 8 atom stereocenters. The van der Waals surface area contributed by atoms with Crippen LogP contribution in [-0.2, 0) is 57.6 Å². The number of carbonyl (C=O) groups is 8. The van der Waals surface area contributed by atoms with Crippen LogP contribution in [0, 0.1) is 0 Å². The average molecular weight is 1270 g/mol. The van der Waals surface area contributed by atoms with Gasteiger partial charge in [0.2, 0.25) is 47.3 Å². The van der Waals surface area contributed by atoms with Crippen molar-refractivity contribution in [1.82, 2.24) is 52.2 Å². The van der Waals surface area contributed by atoms with E-state index in [1.54, 1.807) is 24.7 Å². The van der Waals surface area contributed by atoms with Crippen LogP contribution >= 0.6 is 0 Å². The number of hydrogen-bond donors (Lipinski definition) is 20. The Morgan fingerprint density at radius 1 is 0.370 bits per heavy atom. The maximum absolute atomic E-state index is 14.8. The number of nitrogens with two attached hydrogens (primary N) is 10. The van der Waals surface area contributed by atoms with E-state index in [4.69, 9.17) is 57.3 Å². The number of carbonyl (C=O) groups excluding carboxylic acids is 8. The molecule has 3 aromatic carbocycles. The first-order valence-electron chi connectivity index (χ1n) is 30.0. The Hall–Kier alpha value is -10.9. The van der Waals surface area contributed by atoms with Crippen molar-refractivity contribution in [2.45, 2.75) is 126 Å². The van der Waals surface area contributed by atoms with Crippen molar-refractivity contribution in [2.24, 2.45) is 77.3 Å². The predicted octanol–water partition coefficient (Wildman–Crippen LogP) is -3.40. The van der Waals surface area contributed by atoms with E-state index < -0.39 is 95.6 Å². The predicted molar refractivity (Wildman–Crippen MR) is 352 cm³/mol. The summed E-state index contributed by atoms with van der Waals surface area (Å²) in [5, 5.41) is 21.4. The second kappa shape index (κ2) is 34.7. The lowest BCUT2D eigenvalue weighted by molar-refractivity contribution is -0.135. The molecule has 6 rings (SSSR count). The summed E-state index contributed by atoms with van der Waals surface area (Å²) in [5.74, 6) is -7.28. The fourth-order valence-corrected chi connectivity index (χ4v) is 10.2. The molecule has 0 aliphatic heterocycles. The van der Waals surface area contributed by atoms with Gasteiger partial charge in [-0.15, -0.1) is 0 Å². The van der Waals surface area contributed by atoms with E-state index in [1.807, 2.05) is 66.7 Å². The van der Waals surface area contributed by atoms with E-state index in [2.05, 4.69) is 72.1 Å². The molecule has 0 unspecified atom stereocenters. The molecule has 8 amide bonds. The largest absolute Gasteiger partial charge is 0.370 e. The molecule has 30 N–H and O–H groups in total. The van der Waals surface area contributed by atoms with Gasteiger partial charge < -0.3 is 110 Å². The Labute approximate surface area is 529 Å². The van der Waals surface area contributed by atoms with Crippen molar-refractivity contribution >= 4 is 104 Å². The van der Waals surface area contributed by atoms with E-state index in [1.165, 1.54) is 6.92 Å². The Balaban J connectivity index is 1.23. The molecule has 0 fully saturated rings. The number of amides is 8. The summed E-state index contributed by atoms with van der Waals surface area (Å²) < 4.78 is 0. The Bertz CT molecular complexity index is 3630. The summed E-state index contributed by atoms with van der Waals surface area (Å²) in [6.45, 7) is 1.58. The first-order valence-corrected chi connectivity index (χ1v) is 30.0. The lowest BCUT2D eigenvalue weighted by Gasteiger charge is -2.27. The molecule has 0 saturated heterocycles. The first-order chi connectivity index (χ1) is 44.0. The molecule has 32 nitrogen and oxygen atoms in total. The van der Waals surface area contributed by atoms with Crippen LogP contribution in [0.1, 0.15) is 75.0 Å². The van der Waals surface area contributed by atoms with Gasteiger partial charge in [-0.05, 0) is 99.6 Å². The molecule has 0 aliphatic carbocycles. The van der Waals surface area contributed by atoms with Crippen LogP contribution in [0.15, 0.2) is 111 Å². The zero-order valence-corrected chi connectivity index (χ0v) is 51.2. The van der Waals surface area contributed by atoms with E-state index in [-0.39, 0.29) is 121 Å². The maximum atomic E-state index is 14.8. The first kappa shape index (κ1) is 70.2. The Morgan fingerprint density at radius 2 is 0.652 bits per heavy atom. The fraction of sp³-hybridized carbons (Fsp3) is 0.400. The van der Waals surface area contributed by atoms with Crippen LogP contribution in [0.25, 0.3) is 32.7 Å². The van der Waals surface area contributed by atoms with E-state index in [0.717, 1.165) is 32.9 Å². The summed E-state index contributed by atoms with van der Waals surface area (Å²) in [5.41, 5.74) is 61.3. The number of rotatable bonds is 37. The highest BCUT2D eigenvalue weighted by atomic mass is 16.2. The van der Waals surface area contributed by atoms with Crippen molar-refractivity contribution in [1.29, 1.82) is 0 Å². The zero-order valence-electron chi connectivity index (χ0n) is 51.2. The van der Waals surface area contributed by atoms with Gasteiger partial charge in [-0.3, -0.25) is 58.3 Å². The summed E-state index contributed by atoms with van der Waals surface area (Å²) in [4.78, 5) is 139. The minimum atomic E-state index is -1.44. The zero-order chi connectivity index (χ0) is 66.9. The number of benzene rings is 3. The number of primary amides is 1. The lowest BCUT2D eigenvalue weighted by atomic mass is 10.0. The standard InChI is InChI=1S/C60H86N24O8/c1-32(50(86)79-43(18-8-22-71-57(63)64)52(88)81-45(20-10-24-73-59(67)68)54(90)83-47(49(62)85)27-34-30-76-41-16-6-3-13-37(34)41)78-56(92)48(28-35-31-77-42-17-7-4-14-38(35)42)84-55(91)46(21-11-25-74-60(69)70)82-53(89)44(19-9-23-72-58(65)66)80-51(87)39(61)26-33-29-75-40-15-5-2-12-36(33)40/h2-7,12-17,29-32,39,43-48,75-77H,8-11,18-28,61H2,1H3,(H2,62,85)(H,78,92)(H,79,86)(H,80,87)(H,81,88)(H,82,89)(H,83,90)(H,84,91)(H4,63,64,71)(H4,65,66,72)(H4,67,68,73)(H4,69,70,74)/t32-,39-,43-,44-,45-,46-,47-,48-/m0/s1. The van der Waals surface area contributed by atoms with Crippen molar-refractivity contribution in [3.63, 3.8) is 0 Å². The molecule has 0 radical (unpaired) electrons. The minimum Gasteiger partial charge on any atom is -0.370 e. The third-order valence-corrected chi connectivity index (χ3v) is 15.0. The second-order valence-electron chi connectivity index (χ2n) is 22.1.